The van der Waals surface area contributed by atoms with Gasteiger partial charge in [-0.15, -0.1) is 0 Å². The third kappa shape index (κ3) is 5.80. The van der Waals surface area contributed by atoms with E-state index < -0.39 is 24.7 Å². The minimum atomic E-state index is -4.27. The number of carbonyl (C=O) groups is 1. The molecule has 0 aliphatic carbocycles. The molecule has 3 heterocycles. The lowest BCUT2D eigenvalue weighted by Crippen LogP contribution is -2.37. The second kappa shape index (κ2) is 10.2. The topological polar surface area (TPSA) is 87.5 Å². The van der Waals surface area contributed by atoms with Crippen molar-refractivity contribution in [2.24, 2.45) is 7.05 Å². The highest BCUT2D eigenvalue weighted by atomic mass is 35.5. The van der Waals surface area contributed by atoms with E-state index in [1.165, 1.54) is 21.6 Å². The average Bonchev–Trinajstić information content (AvgIpc) is 2.82. The van der Waals surface area contributed by atoms with Crippen molar-refractivity contribution in [1.29, 1.82) is 0 Å². The molecule has 0 radical (unpaired) electrons. The van der Waals surface area contributed by atoms with Gasteiger partial charge in [-0.2, -0.15) is 13.2 Å². The molecule has 0 saturated heterocycles. The van der Waals surface area contributed by atoms with Gasteiger partial charge in [0.1, 0.15) is 5.15 Å². The predicted octanol–water partition coefficient (Wildman–Crippen LogP) is 5.42. The van der Waals surface area contributed by atoms with E-state index in [-0.39, 0.29) is 35.2 Å². The zero-order valence-electron chi connectivity index (χ0n) is 20.5. The second-order valence-electron chi connectivity index (χ2n) is 9.24. The average molecular weight is 535 g/mol. The first-order chi connectivity index (χ1) is 17.3. The van der Waals surface area contributed by atoms with Gasteiger partial charge in [0.2, 0.25) is 0 Å². The molecule has 0 spiro atoms. The van der Waals surface area contributed by atoms with Crippen LogP contribution in [0.5, 0.6) is 0 Å². The molecule has 1 unspecified atom stereocenters. The molecule has 11 heteroatoms. The zero-order chi connectivity index (χ0) is 27.1. The van der Waals surface area contributed by atoms with Crippen LogP contribution in [0, 0.1) is 6.92 Å². The Hall–Kier alpha value is -3.37. The van der Waals surface area contributed by atoms with Crippen molar-refractivity contribution in [1.82, 2.24) is 14.5 Å². The van der Waals surface area contributed by atoms with Crippen LogP contribution in [0.3, 0.4) is 0 Å². The van der Waals surface area contributed by atoms with E-state index in [0.29, 0.717) is 22.9 Å². The number of nitrogens with zero attached hydrogens (tertiary/aromatic N) is 3. The van der Waals surface area contributed by atoms with Gasteiger partial charge in [-0.25, -0.2) is 9.78 Å². The van der Waals surface area contributed by atoms with Crippen LogP contribution in [0.1, 0.15) is 46.7 Å². The molecule has 1 atom stereocenters. The van der Waals surface area contributed by atoms with E-state index in [2.05, 4.69) is 10.3 Å². The number of fused-ring (bicyclic) bond motifs is 1. The molecule has 1 aromatic carbocycles. The third-order valence-corrected chi connectivity index (χ3v) is 6.67. The lowest BCUT2D eigenvalue weighted by molar-refractivity contribution is -0.144. The quantitative estimate of drug-likeness (QED) is 0.411. The molecule has 196 valence electrons. The molecule has 7 nitrogen and oxygen atoms in total. The number of benzene rings is 1. The number of anilines is 1. The molecular weight excluding hydrogens is 509 g/mol. The van der Waals surface area contributed by atoms with E-state index in [4.69, 9.17) is 11.6 Å². The Bertz CT molecular complexity index is 1470. The maximum atomic E-state index is 13.4. The van der Waals surface area contributed by atoms with Crippen molar-refractivity contribution < 1.29 is 23.1 Å². The number of aryl methyl sites for hydroxylation is 1. The van der Waals surface area contributed by atoms with Crippen LogP contribution in [0.15, 0.2) is 41.2 Å². The fourth-order valence-corrected chi connectivity index (χ4v) is 4.87. The van der Waals surface area contributed by atoms with Crippen molar-refractivity contribution in [3.8, 4) is 0 Å². The first kappa shape index (κ1) is 26.7. The van der Waals surface area contributed by atoms with Crippen LogP contribution in [0.25, 0.3) is 16.3 Å². The van der Waals surface area contributed by atoms with Gasteiger partial charge >= 0.3 is 12.1 Å². The van der Waals surface area contributed by atoms with Crippen LogP contribution < -0.4 is 10.9 Å². The summed E-state index contributed by atoms with van der Waals surface area (Å²) in [6.45, 7) is 3.12. The third-order valence-electron chi connectivity index (χ3n) is 6.46. The van der Waals surface area contributed by atoms with E-state index in [1.807, 2.05) is 26.0 Å². The van der Waals surface area contributed by atoms with Gasteiger partial charge in [-0.05, 0) is 66.6 Å². The van der Waals surface area contributed by atoms with Crippen LogP contribution in [0.4, 0.5) is 18.9 Å². The minimum Gasteiger partial charge on any atom is -0.476 e. The smallest absolute Gasteiger partial charge is 0.401 e. The lowest BCUT2D eigenvalue weighted by Gasteiger charge is -2.28. The summed E-state index contributed by atoms with van der Waals surface area (Å²) in [5.41, 5.74) is 2.92. The molecule has 1 aliphatic rings. The molecule has 0 saturated carbocycles. The van der Waals surface area contributed by atoms with Gasteiger partial charge in [0.15, 0.2) is 5.69 Å². The molecule has 1 aliphatic heterocycles. The van der Waals surface area contributed by atoms with Crippen molar-refractivity contribution >= 4 is 39.6 Å². The maximum Gasteiger partial charge on any atom is 0.401 e. The molecule has 37 heavy (non-hydrogen) atoms. The second-order valence-corrected chi connectivity index (χ2v) is 9.63. The highest BCUT2D eigenvalue weighted by Gasteiger charge is 2.31. The summed E-state index contributed by atoms with van der Waals surface area (Å²) in [6.07, 6.45) is -2.15. The minimum absolute atomic E-state index is 0.0549. The van der Waals surface area contributed by atoms with Crippen molar-refractivity contribution in [2.45, 2.75) is 32.5 Å². The van der Waals surface area contributed by atoms with Crippen molar-refractivity contribution in [2.75, 3.05) is 25.0 Å². The first-order valence-corrected chi connectivity index (χ1v) is 12.0. The standard InChI is InChI=1S/C26H26ClF3N4O3/c1-14-10-17(15(2)31-20-4-5-22(27)32-23(20)25(36)37)18-12-21(33(3)24(35)19(18)11-14)16-6-8-34(9-7-16)13-26(28,29)30/h4-6,10-12,15,31H,7-9,13H2,1-3H3,(H,36,37). The van der Waals surface area contributed by atoms with Crippen LogP contribution in [-0.2, 0) is 7.05 Å². The molecular formula is C26H26ClF3N4O3. The number of rotatable bonds is 6. The van der Waals surface area contributed by atoms with E-state index in [9.17, 15) is 27.9 Å². The Morgan fingerprint density at radius 1 is 1.24 bits per heavy atom. The summed E-state index contributed by atoms with van der Waals surface area (Å²) in [5.74, 6) is -1.23. The number of carboxylic acids is 1. The van der Waals surface area contributed by atoms with E-state index in [1.54, 1.807) is 19.2 Å². The summed E-state index contributed by atoms with van der Waals surface area (Å²) in [6, 6.07) is 8.22. The highest BCUT2D eigenvalue weighted by Crippen LogP contribution is 2.32. The van der Waals surface area contributed by atoms with Crippen molar-refractivity contribution in [3.05, 3.63) is 74.4 Å². The largest absolute Gasteiger partial charge is 0.476 e. The Kier molecular flexibility index (Phi) is 7.34. The van der Waals surface area contributed by atoms with Gasteiger partial charge in [-0.3, -0.25) is 9.69 Å². The van der Waals surface area contributed by atoms with Crippen LogP contribution >= 0.6 is 11.6 Å². The fourth-order valence-electron chi connectivity index (χ4n) is 4.72. The molecule has 0 fully saturated rings. The van der Waals surface area contributed by atoms with Crippen molar-refractivity contribution in [3.63, 3.8) is 0 Å². The number of carboxylic acid groups (broad SMARTS) is 1. The van der Waals surface area contributed by atoms with Crippen LogP contribution in [-0.4, -0.2) is 51.3 Å². The van der Waals surface area contributed by atoms with Gasteiger partial charge in [0.05, 0.1) is 12.2 Å². The molecule has 4 rings (SSSR count). The van der Waals surface area contributed by atoms with Gasteiger partial charge in [-0.1, -0.05) is 23.7 Å². The normalized spacial score (nSPS) is 15.5. The monoisotopic (exact) mass is 534 g/mol. The molecule has 3 aromatic rings. The lowest BCUT2D eigenvalue weighted by atomic mass is 9.94. The van der Waals surface area contributed by atoms with Gasteiger partial charge in [0.25, 0.3) is 5.56 Å². The van der Waals surface area contributed by atoms with Crippen LogP contribution in [0.2, 0.25) is 5.15 Å². The Labute approximate surface area is 216 Å². The Morgan fingerprint density at radius 2 is 1.97 bits per heavy atom. The fraction of sp³-hybridized carbons (Fsp3) is 0.346. The summed E-state index contributed by atoms with van der Waals surface area (Å²) in [7, 11) is 1.65. The molecule has 0 amide bonds. The summed E-state index contributed by atoms with van der Waals surface area (Å²) in [5, 5.41) is 14.0. The number of halogens is 4. The Balaban J connectivity index is 1.76. The van der Waals surface area contributed by atoms with Gasteiger partial charge < -0.3 is 15.0 Å². The summed E-state index contributed by atoms with van der Waals surface area (Å²) >= 11 is 5.87. The number of pyridine rings is 2. The molecule has 2 aromatic heterocycles. The number of aromatic nitrogens is 2. The summed E-state index contributed by atoms with van der Waals surface area (Å²) < 4.78 is 39.9. The number of nitrogens with one attached hydrogen (secondary N) is 1. The summed E-state index contributed by atoms with van der Waals surface area (Å²) in [4.78, 5) is 30.3. The predicted molar refractivity (Wildman–Crippen MR) is 137 cm³/mol. The van der Waals surface area contributed by atoms with E-state index >= 15 is 0 Å². The Morgan fingerprint density at radius 3 is 2.59 bits per heavy atom. The first-order valence-electron chi connectivity index (χ1n) is 11.6. The maximum absolute atomic E-state index is 13.4. The SMILES string of the molecule is Cc1cc(C(C)Nc2ccc(Cl)nc2C(=O)O)c2cc(C3=CCN(CC(F)(F)F)CC3)n(C)c(=O)c2c1. The number of hydrogen-bond donors (Lipinski definition) is 2. The molecule has 0 bridgehead atoms. The number of alkyl halides is 3. The highest BCUT2D eigenvalue weighted by molar-refractivity contribution is 6.29. The van der Waals surface area contributed by atoms with E-state index in [0.717, 1.165) is 16.7 Å². The number of hydrogen-bond acceptors (Lipinski definition) is 5. The van der Waals surface area contributed by atoms with Gasteiger partial charge in [0, 0.05) is 37.3 Å². The molecule has 2 N–H and O–H groups in total. The number of aromatic carboxylic acids is 1. The zero-order valence-corrected chi connectivity index (χ0v) is 21.2.